The molecule has 1 aromatic carbocycles. The fourth-order valence-corrected chi connectivity index (χ4v) is 3.02. The van der Waals surface area contributed by atoms with Gasteiger partial charge < -0.3 is 10.7 Å². The zero-order valence-electron chi connectivity index (χ0n) is 10.3. The average Bonchev–Trinajstić information content (AvgIpc) is 2.86. The van der Waals surface area contributed by atoms with Crippen LogP contribution in [0.4, 0.5) is 10.8 Å². The van der Waals surface area contributed by atoms with Crippen LogP contribution in [-0.4, -0.2) is 24.5 Å². The fourth-order valence-electron chi connectivity index (χ4n) is 1.21. The molecule has 0 saturated heterocycles. The molecule has 0 aliphatic carbocycles. The predicted octanol–water partition coefficient (Wildman–Crippen LogP) is 0.802. The quantitative estimate of drug-likeness (QED) is 0.556. The Morgan fingerprint density at radius 3 is 2.55 bits per heavy atom. The van der Waals surface area contributed by atoms with Crippen molar-refractivity contribution < 1.29 is 13.2 Å². The van der Waals surface area contributed by atoms with Crippen molar-refractivity contribution in [2.24, 2.45) is 0 Å². The molecule has 1 amide bonds. The number of sulfonamides is 1. The average molecular weight is 313 g/mol. The van der Waals surface area contributed by atoms with Gasteiger partial charge in [-0.1, -0.05) is 29.5 Å². The van der Waals surface area contributed by atoms with Gasteiger partial charge in [0.05, 0.1) is 0 Å². The van der Waals surface area contributed by atoms with Crippen LogP contribution in [0.15, 0.2) is 34.7 Å². The zero-order valence-corrected chi connectivity index (χ0v) is 12.0. The molecule has 106 valence electrons. The number of hydrogen-bond donors (Lipinski definition) is 3. The Morgan fingerprint density at radius 2 is 1.90 bits per heavy atom. The standard InChI is InChI=1S/C10H11N5O3S2/c1-7(16)11-9-13-14-10(19-9)20(17,18)15-12-8-5-3-2-4-6-8/h2-6,12,15H,1H3,(H,11,13,16). The van der Waals surface area contributed by atoms with Crippen LogP contribution in [0, 0.1) is 0 Å². The lowest BCUT2D eigenvalue weighted by atomic mass is 10.3. The van der Waals surface area contributed by atoms with Gasteiger partial charge in [-0.05, 0) is 12.1 Å². The molecule has 0 aliphatic rings. The number of amides is 1. The van der Waals surface area contributed by atoms with Crippen LogP contribution >= 0.6 is 11.3 Å². The van der Waals surface area contributed by atoms with Gasteiger partial charge in [-0.15, -0.1) is 15.0 Å². The van der Waals surface area contributed by atoms with Gasteiger partial charge >= 0.3 is 0 Å². The van der Waals surface area contributed by atoms with Crippen molar-refractivity contribution in [3.63, 3.8) is 0 Å². The van der Waals surface area contributed by atoms with E-state index in [1.807, 2.05) is 6.07 Å². The first-order valence-electron chi connectivity index (χ1n) is 5.41. The molecule has 0 unspecified atom stereocenters. The number of anilines is 2. The van der Waals surface area contributed by atoms with Gasteiger partial charge in [-0.25, -0.2) is 8.42 Å². The van der Waals surface area contributed by atoms with E-state index in [9.17, 15) is 13.2 Å². The lowest BCUT2D eigenvalue weighted by Crippen LogP contribution is -2.29. The second-order valence-corrected chi connectivity index (χ2v) is 6.48. The molecule has 20 heavy (non-hydrogen) atoms. The molecular weight excluding hydrogens is 302 g/mol. The summed E-state index contributed by atoms with van der Waals surface area (Å²) < 4.78 is 23.6. The first-order chi connectivity index (χ1) is 9.47. The number of hydrogen-bond acceptors (Lipinski definition) is 7. The highest BCUT2D eigenvalue weighted by Crippen LogP contribution is 2.19. The minimum Gasteiger partial charge on any atom is -0.308 e. The summed E-state index contributed by atoms with van der Waals surface area (Å²) in [6, 6.07) is 8.73. The molecule has 0 spiro atoms. The number of hydrazine groups is 1. The number of carbonyl (C=O) groups is 1. The lowest BCUT2D eigenvalue weighted by molar-refractivity contribution is -0.114. The van der Waals surface area contributed by atoms with Gasteiger partial charge in [-0.3, -0.25) is 4.79 Å². The van der Waals surface area contributed by atoms with E-state index in [4.69, 9.17) is 0 Å². The third kappa shape index (κ3) is 3.73. The van der Waals surface area contributed by atoms with Gasteiger partial charge in [-0.2, -0.15) is 0 Å². The number of nitrogens with one attached hydrogen (secondary N) is 3. The Morgan fingerprint density at radius 1 is 1.20 bits per heavy atom. The normalized spacial score (nSPS) is 11.1. The highest BCUT2D eigenvalue weighted by atomic mass is 32.2. The van der Waals surface area contributed by atoms with Crippen LogP contribution in [0.25, 0.3) is 0 Å². The van der Waals surface area contributed by atoms with Gasteiger partial charge in [0.2, 0.25) is 11.0 Å². The number of aromatic nitrogens is 2. The monoisotopic (exact) mass is 313 g/mol. The Bertz CT molecular complexity index is 699. The van der Waals surface area contributed by atoms with E-state index in [0.29, 0.717) is 5.69 Å². The first kappa shape index (κ1) is 14.4. The topological polar surface area (TPSA) is 113 Å². The molecule has 2 aromatic rings. The summed E-state index contributed by atoms with van der Waals surface area (Å²) in [5.41, 5.74) is 3.13. The van der Waals surface area contributed by atoms with E-state index >= 15 is 0 Å². The third-order valence-electron chi connectivity index (χ3n) is 2.02. The smallest absolute Gasteiger partial charge is 0.286 e. The van der Waals surface area contributed by atoms with Crippen LogP contribution in [-0.2, 0) is 14.8 Å². The van der Waals surface area contributed by atoms with Crippen molar-refractivity contribution in [3.8, 4) is 0 Å². The summed E-state index contributed by atoms with van der Waals surface area (Å²) in [5, 5.41) is 9.57. The molecule has 0 fully saturated rings. The van der Waals surface area contributed by atoms with Crippen LogP contribution in [0.2, 0.25) is 0 Å². The molecule has 2 rings (SSSR count). The van der Waals surface area contributed by atoms with Crippen molar-refractivity contribution in [2.75, 3.05) is 10.7 Å². The second kappa shape index (κ2) is 5.94. The summed E-state index contributed by atoms with van der Waals surface area (Å²) in [6.45, 7) is 1.30. The number of nitrogens with zero attached hydrogens (tertiary/aromatic N) is 2. The molecule has 3 N–H and O–H groups in total. The van der Waals surface area contributed by atoms with Crippen molar-refractivity contribution >= 4 is 38.1 Å². The van der Waals surface area contributed by atoms with E-state index in [2.05, 4.69) is 25.8 Å². The van der Waals surface area contributed by atoms with Gasteiger partial charge in [0.1, 0.15) is 0 Å². The number of benzene rings is 1. The Labute approximate surface area is 119 Å². The van der Waals surface area contributed by atoms with Crippen LogP contribution < -0.4 is 15.6 Å². The maximum atomic E-state index is 11.9. The third-order valence-corrected chi connectivity index (χ3v) is 4.48. The van der Waals surface area contributed by atoms with Crippen LogP contribution in [0.3, 0.4) is 0 Å². The number of rotatable bonds is 5. The molecule has 10 heteroatoms. The molecular formula is C10H11N5O3S2. The minimum absolute atomic E-state index is 0.123. The Balaban J connectivity index is 2.06. The zero-order chi connectivity index (χ0) is 14.6. The molecule has 0 radical (unpaired) electrons. The lowest BCUT2D eigenvalue weighted by Gasteiger charge is -2.06. The summed E-state index contributed by atoms with van der Waals surface area (Å²) in [7, 11) is -3.84. The molecule has 0 atom stereocenters. The van der Waals surface area contributed by atoms with Crippen molar-refractivity contribution in [1.82, 2.24) is 15.0 Å². The van der Waals surface area contributed by atoms with Crippen LogP contribution in [0.5, 0.6) is 0 Å². The van der Waals surface area contributed by atoms with E-state index in [-0.39, 0.29) is 15.4 Å². The number of para-hydroxylation sites is 1. The van der Waals surface area contributed by atoms with E-state index in [0.717, 1.165) is 11.3 Å². The van der Waals surface area contributed by atoms with Gasteiger partial charge in [0.15, 0.2) is 0 Å². The molecule has 0 aliphatic heterocycles. The molecule has 0 saturated carbocycles. The second-order valence-electron chi connectivity index (χ2n) is 3.65. The molecule has 0 bridgehead atoms. The Hall–Kier alpha value is -2.04. The molecule has 1 aromatic heterocycles. The van der Waals surface area contributed by atoms with E-state index < -0.39 is 10.0 Å². The summed E-state index contributed by atoms with van der Waals surface area (Å²) in [4.78, 5) is 13.0. The maximum absolute atomic E-state index is 11.9. The largest absolute Gasteiger partial charge is 0.308 e. The predicted molar refractivity (Wildman–Crippen MR) is 74.6 cm³/mol. The van der Waals surface area contributed by atoms with E-state index in [1.165, 1.54) is 6.92 Å². The minimum atomic E-state index is -3.84. The number of carbonyl (C=O) groups excluding carboxylic acids is 1. The van der Waals surface area contributed by atoms with Crippen molar-refractivity contribution in [1.29, 1.82) is 0 Å². The van der Waals surface area contributed by atoms with Gasteiger partial charge in [0.25, 0.3) is 14.4 Å². The Kier molecular flexibility index (Phi) is 4.27. The summed E-state index contributed by atoms with van der Waals surface area (Å²) in [5.74, 6) is -0.347. The fraction of sp³-hybridized carbons (Fsp3) is 0.100. The maximum Gasteiger partial charge on any atom is 0.286 e. The van der Waals surface area contributed by atoms with Gasteiger partial charge in [0, 0.05) is 12.6 Å². The van der Waals surface area contributed by atoms with E-state index in [1.54, 1.807) is 24.3 Å². The van der Waals surface area contributed by atoms with Crippen molar-refractivity contribution in [2.45, 2.75) is 11.3 Å². The highest BCUT2D eigenvalue weighted by molar-refractivity contribution is 7.91. The first-order valence-corrected chi connectivity index (χ1v) is 7.71. The summed E-state index contributed by atoms with van der Waals surface area (Å²) in [6.07, 6.45) is 0. The molecule has 1 heterocycles. The molecule has 8 nitrogen and oxygen atoms in total. The SMILES string of the molecule is CC(=O)Nc1nnc(S(=O)(=O)NNc2ccccc2)s1. The van der Waals surface area contributed by atoms with Crippen molar-refractivity contribution in [3.05, 3.63) is 30.3 Å². The highest BCUT2D eigenvalue weighted by Gasteiger charge is 2.20. The van der Waals surface area contributed by atoms with Crippen LogP contribution in [0.1, 0.15) is 6.92 Å². The summed E-state index contributed by atoms with van der Waals surface area (Å²) >= 11 is 0.759.